The van der Waals surface area contributed by atoms with Crippen molar-refractivity contribution in [2.24, 2.45) is 11.8 Å². The number of imide groups is 1. The van der Waals surface area contributed by atoms with Crippen LogP contribution in [0.15, 0.2) is 12.2 Å². The average Bonchev–Trinajstić information content (AvgIpc) is 3.07. The van der Waals surface area contributed by atoms with Crippen molar-refractivity contribution >= 4 is 23.5 Å². The second-order valence-electron chi connectivity index (χ2n) is 9.50. The third kappa shape index (κ3) is 6.73. The summed E-state index contributed by atoms with van der Waals surface area (Å²) in [5.41, 5.74) is 0. The van der Waals surface area contributed by atoms with Crippen molar-refractivity contribution in [3.63, 3.8) is 0 Å². The zero-order valence-electron chi connectivity index (χ0n) is 19.7. The van der Waals surface area contributed by atoms with E-state index >= 15 is 0 Å². The van der Waals surface area contributed by atoms with Crippen molar-refractivity contribution in [3.05, 3.63) is 12.2 Å². The number of carbonyl (C=O) groups is 4. The number of amides is 3. The third-order valence-electron chi connectivity index (χ3n) is 6.68. The van der Waals surface area contributed by atoms with Crippen molar-refractivity contribution in [2.75, 3.05) is 13.6 Å². The molecule has 0 saturated heterocycles. The molecule has 0 radical (unpaired) electrons. The Morgan fingerprint density at radius 1 is 1.03 bits per heavy atom. The Kier molecular flexibility index (Phi) is 9.41. The molecule has 1 aliphatic carbocycles. The first-order chi connectivity index (χ1) is 14.6. The number of unbranched alkanes of at least 4 members (excludes halogenated alkanes) is 1. The second-order valence-corrected chi connectivity index (χ2v) is 9.50. The number of Topliss-reactive ketones (excluding diaryl/α,β-unsaturated/α-hetero) is 1. The predicted octanol–water partition coefficient (Wildman–Crippen LogP) is 2.69. The number of nitrogens with zero attached hydrogens (tertiary/aromatic N) is 2. The van der Waals surface area contributed by atoms with Gasteiger partial charge in [-0.3, -0.25) is 29.0 Å². The van der Waals surface area contributed by atoms with Crippen LogP contribution in [0.2, 0.25) is 0 Å². The molecule has 1 N–H and O–H groups in total. The van der Waals surface area contributed by atoms with E-state index < -0.39 is 0 Å². The van der Waals surface area contributed by atoms with Crippen LogP contribution in [0.1, 0.15) is 72.6 Å². The van der Waals surface area contributed by atoms with Crippen molar-refractivity contribution in [2.45, 2.75) is 90.8 Å². The number of hydrogen-bond donors (Lipinski definition) is 1. The van der Waals surface area contributed by atoms with Gasteiger partial charge in [-0.05, 0) is 65.8 Å². The van der Waals surface area contributed by atoms with Gasteiger partial charge in [-0.2, -0.15) is 0 Å². The largest absolute Gasteiger partial charge is 0.356 e. The first-order valence-electron chi connectivity index (χ1n) is 11.7. The van der Waals surface area contributed by atoms with E-state index in [1.165, 1.54) is 17.1 Å². The van der Waals surface area contributed by atoms with Gasteiger partial charge in [0.2, 0.25) is 5.91 Å². The number of hydrogen-bond acceptors (Lipinski definition) is 5. The van der Waals surface area contributed by atoms with Crippen LogP contribution in [0.4, 0.5) is 0 Å². The zero-order valence-corrected chi connectivity index (χ0v) is 19.7. The van der Waals surface area contributed by atoms with E-state index in [1.54, 1.807) is 0 Å². The highest BCUT2D eigenvalue weighted by molar-refractivity contribution is 6.13. The van der Waals surface area contributed by atoms with Crippen molar-refractivity contribution in [1.29, 1.82) is 0 Å². The minimum Gasteiger partial charge on any atom is -0.356 e. The van der Waals surface area contributed by atoms with E-state index in [2.05, 4.69) is 24.1 Å². The van der Waals surface area contributed by atoms with Gasteiger partial charge < -0.3 is 5.32 Å². The highest BCUT2D eigenvalue weighted by Crippen LogP contribution is 2.29. The molecule has 7 heteroatoms. The van der Waals surface area contributed by atoms with Gasteiger partial charge >= 0.3 is 0 Å². The van der Waals surface area contributed by atoms with E-state index in [1.807, 2.05) is 20.9 Å². The highest BCUT2D eigenvalue weighted by Gasteiger charge is 2.35. The monoisotopic (exact) mass is 433 g/mol. The fourth-order valence-electron chi connectivity index (χ4n) is 4.48. The molecule has 1 atom stereocenters. The smallest absolute Gasteiger partial charge is 0.253 e. The minimum absolute atomic E-state index is 0.0166. The number of rotatable bonds is 11. The maximum absolute atomic E-state index is 12.6. The van der Waals surface area contributed by atoms with Crippen LogP contribution in [-0.2, 0) is 19.2 Å². The van der Waals surface area contributed by atoms with Crippen molar-refractivity contribution < 1.29 is 19.2 Å². The molecule has 0 aromatic rings. The van der Waals surface area contributed by atoms with Gasteiger partial charge in [0.25, 0.3) is 11.8 Å². The Morgan fingerprint density at radius 3 is 2.13 bits per heavy atom. The topological polar surface area (TPSA) is 86.8 Å². The molecule has 0 bridgehead atoms. The number of carbonyl (C=O) groups excluding carboxylic acids is 4. The lowest BCUT2D eigenvalue weighted by molar-refractivity contribution is -0.140. The summed E-state index contributed by atoms with van der Waals surface area (Å²) in [6.07, 6.45) is 7.92. The van der Waals surface area contributed by atoms with Gasteiger partial charge in [0, 0.05) is 42.6 Å². The van der Waals surface area contributed by atoms with E-state index in [9.17, 15) is 19.2 Å². The van der Waals surface area contributed by atoms with Crippen molar-refractivity contribution in [1.82, 2.24) is 15.1 Å². The Morgan fingerprint density at radius 2 is 1.61 bits per heavy atom. The van der Waals surface area contributed by atoms with E-state index in [-0.39, 0.29) is 47.4 Å². The van der Waals surface area contributed by atoms with Crippen LogP contribution in [0, 0.1) is 11.8 Å². The van der Waals surface area contributed by atoms with Crippen LogP contribution in [0.3, 0.4) is 0 Å². The molecule has 0 aromatic carbocycles. The molecule has 174 valence electrons. The molecular weight excluding hydrogens is 394 g/mol. The maximum Gasteiger partial charge on any atom is 0.253 e. The summed E-state index contributed by atoms with van der Waals surface area (Å²) in [5, 5.41) is 3.03. The molecule has 3 amide bonds. The number of nitrogens with one attached hydrogen (secondary N) is 1. The molecule has 1 aliphatic heterocycles. The van der Waals surface area contributed by atoms with Crippen molar-refractivity contribution in [3.8, 4) is 0 Å². The summed E-state index contributed by atoms with van der Waals surface area (Å²) >= 11 is 0. The van der Waals surface area contributed by atoms with Gasteiger partial charge in [0.15, 0.2) is 5.78 Å². The molecule has 0 aromatic heterocycles. The summed E-state index contributed by atoms with van der Waals surface area (Å²) in [5.74, 6) is -0.181. The lowest BCUT2D eigenvalue weighted by atomic mass is 9.84. The van der Waals surface area contributed by atoms with E-state index in [4.69, 9.17) is 0 Å². The third-order valence-corrected chi connectivity index (χ3v) is 6.68. The normalized spacial score (nSPS) is 22.6. The van der Waals surface area contributed by atoms with Crippen LogP contribution in [-0.4, -0.2) is 65.0 Å². The molecule has 1 fully saturated rings. The average molecular weight is 434 g/mol. The SMILES string of the molecule is CC(C)C(=O)C(CCCCNC(=O)C1CCC(N2C(=O)C=CC2=O)CC1)N(C)C(C)C. The fourth-order valence-corrected chi connectivity index (χ4v) is 4.48. The van der Waals surface area contributed by atoms with Gasteiger partial charge in [-0.1, -0.05) is 13.8 Å². The molecule has 2 rings (SSSR count). The Hall–Kier alpha value is -2.02. The van der Waals surface area contributed by atoms with Crippen LogP contribution < -0.4 is 5.32 Å². The van der Waals surface area contributed by atoms with E-state index in [0.717, 1.165) is 19.3 Å². The zero-order chi connectivity index (χ0) is 23.1. The van der Waals surface area contributed by atoms with Crippen LogP contribution in [0.5, 0.6) is 0 Å². The van der Waals surface area contributed by atoms with Crippen LogP contribution >= 0.6 is 0 Å². The molecule has 1 unspecified atom stereocenters. The summed E-state index contributed by atoms with van der Waals surface area (Å²) in [6, 6.07) is 0.147. The first kappa shape index (κ1) is 25.2. The molecule has 1 saturated carbocycles. The standard InChI is InChI=1S/C24H39N3O4/c1-16(2)23(30)20(26(5)17(3)4)8-6-7-15-25-24(31)18-9-11-19(12-10-18)27-21(28)13-14-22(27)29/h13-14,16-20H,6-12,15H2,1-5H3,(H,25,31). The maximum atomic E-state index is 12.6. The van der Waals surface area contributed by atoms with Gasteiger partial charge in [-0.15, -0.1) is 0 Å². The summed E-state index contributed by atoms with van der Waals surface area (Å²) in [6.45, 7) is 8.71. The molecule has 31 heavy (non-hydrogen) atoms. The molecular formula is C24H39N3O4. The van der Waals surface area contributed by atoms with Gasteiger partial charge in [0.05, 0.1) is 6.04 Å². The quantitative estimate of drug-likeness (QED) is 0.400. The highest BCUT2D eigenvalue weighted by atomic mass is 16.2. The molecule has 0 spiro atoms. The number of likely N-dealkylation sites (N-methyl/N-ethyl adjacent to an activating group) is 1. The second kappa shape index (κ2) is 11.6. The molecule has 7 nitrogen and oxygen atoms in total. The summed E-state index contributed by atoms with van der Waals surface area (Å²) < 4.78 is 0. The van der Waals surface area contributed by atoms with E-state index in [0.29, 0.717) is 38.3 Å². The first-order valence-corrected chi connectivity index (χ1v) is 11.7. The minimum atomic E-state index is -0.240. The Balaban J connectivity index is 1.69. The lowest BCUT2D eigenvalue weighted by Crippen LogP contribution is -2.44. The van der Waals surface area contributed by atoms with Crippen LogP contribution in [0.25, 0.3) is 0 Å². The Labute approximate surface area is 186 Å². The lowest BCUT2D eigenvalue weighted by Gasteiger charge is -2.33. The number of ketones is 1. The molecule has 2 aliphatic rings. The summed E-state index contributed by atoms with van der Waals surface area (Å²) in [7, 11) is 2.01. The summed E-state index contributed by atoms with van der Waals surface area (Å²) in [4.78, 5) is 52.2. The van der Waals surface area contributed by atoms with Gasteiger partial charge in [0.1, 0.15) is 0 Å². The predicted molar refractivity (Wildman–Crippen MR) is 120 cm³/mol. The Bertz CT molecular complexity index is 675. The van der Waals surface area contributed by atoms with Gasteiger partial charge in [-0.25, -0.2) is 0 Å². The molecule has 1 heterocycles. The fraction of sp³-hybridized carbons (Fsp3) is 0.750.